The molecular weight excluding hydrogens is 368 g/mol. The Morgan fingerprint density at radius 1 is 1.21 bits per heavy atom. The number of nitrogens with one attached hydrogen (secondary N) is 1. The summed E-state index contributed by atoms with van der Waals surface area (Å²) in [5.41, 5.74) is 1.97. The number of carbonyl (C=O) groups excluding carboxylic acids is 2. The average Bonchev–Trinajstić information content (AvgIpc) is 3.12. The van der Waals surface area contributed by atoms with Crippen LogP contribution in [-0.2, 0) is 16.1 Å². The molecule has 3 heterocycles. The first-order chi connectivity index (χ1) is 14.1. The molecule has 0 aliphatic carbocycles. The van der Waals surface area contributed by atoms with Gasteiger partial charge in [-0.1, -0.05) is 12.1 Å². The van der Waals surface area contributed by atoms with E-state index in [4.69, 9.17) is 4.74 Å². The van der Waals surface area contributed by atoms with Crippen molar-refractivity contribution in [2.75, 3.05) is 27.2 Å². The minimum absolute atomic E-state index is 0.0208. The van der Waals surface area contributed by atoms with Gasteiger partial charge < -0.3 is 15.0 Å². The van der Waals surface area contributed by atoms with Crippen LogP contribution in [0.4, 0.5) is 0 Å². The van der Waals surface area contributed by atoms with Gasteiger partial charge in [0.2, 0.25) is 11.8 Å². The normalized spacial score (nSPS) is 24.3. The van der Waals surface area contributed by atoms with E-state index in [9.17, 15) is 9.59 Å². The molecular formula is C22H26N4O3. The van der Waals surface area contributed by atoms with Crippen molar-refractivity contribution < 1.29 is 14.3 Å². The number of ether oxygens (including phenoxy) is 1. The molecule has 4 rings (SSSR count). The third kappa shape index (κ3) is 3.96. The first-order valence-corrected chi connectivity index (χ1v) is 9.87. The second-order valence-electron chi connectivity index (χ2n) is 7.79. The van der Waals surface area contributed by atoms with Crippen LogP contribution in [0.3, 0.4) is 0 Å². The quantitative estimate of drug-likeness (QED) is 0.834. The van der Waals surface area contributed by atoms with Gasteiger partial charge in [-0.25, -0.2) is 0 Å². The van der Waals surface area contributed by atoms with Gasteiger partial charge in [-0.15, -0.1) is 0 Å². The third-order valence-electron chi connectivity index (χ3n) is 5.83. The van der Waals surface area contributed by atoms with Crippen molar-refractivity contribution in [3.63, 3.8) is 0 Å². The van der Waals surface area contributed by atoms with Gasteiger partial charge in [0.1, 0.15) is 5.75 Å². The highest BCUT2D eigenvalue weighted by Gasteiger charge is 2.49. The number of nitrogens with zero attached hydrogens (tertiary/aromatic N) is 3. The van der Waals surface area contributed by atoms with Gasteiger partial charge in [-0.05, 0) is 48.9 Å². The summed E-state index contributed by atoms with van der Waals surface area (Å²) in [4.78, 5) is 34.0. The molecule has 7 nitrogen and oxygen atoms in total. The molecule has 152 valence electrons. The number of fused-ring (bicyclic) bond motifs is 1. The molecule has 2 aromatic rings. The fourth-order valence-electron chi connectivity index (χ4n) is 4.48. The minimum Gasteiger partial charge on any atom is -0.497 e. The molecule has 0 bridgehead atoms. The van der Waals surface area contributed by atoms with E-state index in [0.717, 1.165) is 23.4 Å². The first kappa shape index (κ1) is 19.4. The molecule has 1 aromatic heterocycles. The molecule has 0 spiro atoms. The number of carbonyl (C=O) groups is 2. The second kappa shape index (κ2) is 8.21. The van der Waals surface area contributed by atoms with Gasteiger partial charge in [0, 0.05) is 31.5 Å². The van der Waals surface area contributed by atoms with E-state index in [-0.39, 0.29) is 29.8 Å². The van der Waals surface area contributed by atoms with Gasteiger partial charge in [0.25, 0.3) is 0 Å². The molecule has 7 heteroatoms. The molecule has 2 fully saturated rings. The lowest BCUT2D eigenvalue weighted by Crippen LogP contribution is -2.53. The number of amides is 2. The maximum Gasteiger partial charge on any atom is 0.237 e. The zero-order chi connectivity index (χ0) is 20.4. The van der Waals surface area contributed by atoms with Crippen LogP contribution in [-0.4, -0.2) is 59.9 Å². The predicted molar refractivity (Wildman–Crippen MR) is 108 cm³/mol. The van der Waals surface area contributed by atoms with Gasteiger partial charge >= 0.3 is 0 Å². The van der Waals surface area contributed by atoms with Crippen molar-refractivity contribution in [3.8, 4) is 5.75 Å². The number of benzene rings is 1. The number of piperazine rings is 1. The fourth-order valence-corrected chi connectivity index (χ4v) is 4.48. The van der Waals surface area contributed by atoms with Crippen molar-refractivity contribution >= 4 is 11.8 Å². The first-order valence-electron chi connectivity index (χ1n) is 9.87. The smallest absolute Gasteiger partial charge is 0.237 e. The highest BCUT2D eigenvalue weighted by molar-refractivity contribution is 5.85. The summed E-state index contributed by atoms with van der Waals surface area (Å²) in [5.74, 6) is 0.527. The number of hydrogen-bond acceptors (Lipinski definition) is 5. The third-order valence-corrected chi connectivity index (χ3v) is 5.83. The van der Waals surface area contributed by atoms with Gasteiger partial charge in [0.05, 0.1) is 25.6 Å². The van der Waals surface area contributed by atoms with E-state index < -0.39 is 0 Å². The van der Waals surface area contributed by atoms with Crippen LogP contribution >= 0.6 is 0 Å². The Kier molecular flexibility index (Phi) is 5.49. The van der Waals surface area contributed by atoms with E-state index in [1.165, 1.54) is 0 Å². The number of hydrogen-bond donors (Lipinski definition) is 1. The summed E-state index contributed by atoms with van der Waals surface area (Å²) >= 11 is 0. The summed E-state index contributed by atoms with van der Waals surface area (Å²) in [5, 5.41) is 3.06. The molecule has 2 amide bonds. The molecule has 3 atom stereocenters. The van der Waals surface area contributed by atoms with E-state index in [1.807, 2.05) is 53.2 Å². The van der Waals surface area contributed by atoms with Crippen molar-refractivity contribution in [1.29, 1.82) is 0 Å². The molecule has 2 aliphatic heterocycles. The summed E-state index contributed by atoms with van der Waals surface area (Å²) in [6, 6.07) is 11.2. The monoisotopic (exact) mass is 394 g/mol. The number of aromatic nitrogens is 1. The second-order valence-corrected chi connectivity index (χ2v) is 7.79. The molecule has 1 aromatic carbocycles. The van der Waals surface area contributed by atoms with Crippen LogP contribution in [0.5, 0.6) is 5.75 Å². The summed E-state index contributed by atoms with van der Waals surface area (Å²) < 4.78 is 5.26. The minimum atomic E-state index is -0.286. The molecule has 0 radical (unpaired) electrons. The van der Waals surface area contributed by atoms with Gasteiger partial charge in [0.15, 0.2) is 0 Å². The van der Waals surface area contributed by atoms with E-state index in [0.29, 0.717) is 19.5 Å². The van der Waals surface area contributed by atoms with Crippen LogP contribution in [0, 0.1) is 5.92 Å². The van der Waals surface area contributed by atoms with Crippen LogP contribution in [0.2, 0.25) is 0 Å². The zero-order valence-electron chi connectivity index (χ0n) is 16.7. The van der Waals surface area contributed by atoms with Crippen molar-refractivity contribution in [2.45, 2.75) is 25.0 Å². The van der Waals surface area contributed by atoms with Gasteiger partial charge in [-0.2, -0.15) is 0 Å². The van der Waals surface area contributed by atoms with E-state index in [2.05, 4.69) is 10.3 Å². The lowest BCUT2D eigenvalue weighted by Gasteiger charge is -2.38. The Morgan fingerprint density at radius 3 is 2.62 bits per heavy atom. The summed E-state index contributed by atoms with van der Waals surface area (Å²) in [7, 11) is 3.58. The number of methoxy groups -OCH3 is 1. The van der Waals surface area contributed by atoms with Gasteiger partial charge in [-0.3, -0.25) is 19.5 Å². The van der Waals surface area contributed by atoms with Crippen molar-refractivity contribution in [2.24, 2.45) is 5.92 Å². The molecule has 0 unspecified atom stereocenters. The summed E-state index contributed by atoms with van der Waals surface area (Å²) in [6.07, 6.45) is 4.09. The van der Waals surface area contributed by atoms with Crippen LogP contribution in [0.1, 0.15) is 23.6 Å². The molecule has 1 N–H and O–H groups in total. The lowest BCUT2D eigenvalue weighted by molar-refractivity contribution is -0.140. The SMILES string of the molecule is COc1ccc([C@@H]2[C@H](C(=O)NCc3ccncc3)C[C@@H]3CN(C)CC(=O)N32)cc1. The Labute approximate surface area is 170 Å². The Balaban J connectivity index is 1.59. The maximum absolute atomic E-state index is 13.2. The standard InChI is InChI=1S/C22H26N4O3/c1-25-13-17-11-19(22(28)24-12-15-7-9-23-10-8-15)21(26(17)20(27)14-25)16-3-5-18(29-2)6-4-16/h3-10,17,19,21H,11-14H2,1-2H3,(H,24,28)/t17-,19-,21-/m1/s1. The highest BCUT2D eigenvalue weighted by atomic mass is 16.5. The topological polar surface area (TPSA) is 74.8 Å². The number of likely N-dealkylation sites (N-methyl/N-ethyl adjacent to an activating group) is 1. The molecule has 2 aliphatic rings. The molecule has 2 saturated heterocycles. The maximum atomic E-state index is 13.2. The lowest BCUT2D eigenvalue weighted by atomic mass is 9.92. The largest absolute Gasteiger partial charge is 0.497 e. The zero-order valence-corrected chi connectivity index (χ0v) is 16.7. The number of rotatable bonds is 5. The van der Waals surface area contributed by atoms with Crippen LogP contribution in [0.25, 0.3) is 0 Å². The molecule has 0 saturated carbocycles. The van der Waals surface area contributed by atoms with Crippen molar-refractivity contribution in [1.82, 2.24) is 20.1 Å². The van der Waals surface area contributed by atoms with E-state index in [1.54, 1.807) is 19.5 Å². The Bertz CT molecular complexity index is 871. The predicted octanol–water partition coefficient (Wildman–Crippen LogP) is 1.61. The molecule has 29 heavy (non-hydrogen) atoms. The Morgan fingerprint density at radius 2 is 1.93 bits per heavy atom. The van der Waals surface area contributed by atoms with E-state index >= 15 is 0 Å². The fraction of sp³-hybridized carbons (Fsp3) is 0.409. The number of pyridine rings is 1. The average molecular weight is 394 g/mol. The van der Waals surface area contributed by atoms with Crippen LogP contribution < -0.4 is 10.1 Å². The summed E-state index contributed by atoms with van der Waals surface area (Å²) in [6.45, 7) is 1.62. The van der Waals surface area contributed by atoms with Crippen molar-refractivity contribution in [3.05, 3.63) is 59.9 Å². The Hall–Kier alpha value is -2.93. The highest BCUT2D eigenvalue weighted by Crippen LogP contribution is 2.43. The van der Waals surface area contributed by atoms with Crippen LogP contribution in [0.15, 0.2) is 48.8 Å².